The van der Waals surface area contributed by atoms with Crippen molar-refractivity contribution in [1.82, 2.24) is 15.2 Å². The lowest BCUT2D eigenvalue weighted by Crippen LogP contribution is -2.46. The lowest BCUT2D eigenvalue weighted by Gasteiger charge is -2.29. The molecule has 1 rings (SSSR count). The van der Waals surface area contributed by atoms with Crippen LogP contribution in [0.4, 0.5) is 0 Å². The highest BCUT2D eigenvalue weighted by Crippen LogP contribution is 2.16. The monoisotopic (exact) mass is 251 g/mol. The van der Waals surface area contributed by atoms with Crippen LogP contribution in [-0.2, 0) is 5.54 Å². The minimum absolute atomic E-state index is 0.0439. The zero-order valence-electron chi connectivity index (χ0n) is 11.7. The van der Waals surface area contributed by atoms with E-state index < -0.39 is 5.54 Å². The van der Waals surface area contributed by atoms with Gasteiger partial charge >= 0.3 is 0 Å². The lowest BCUT2D eigenvalue weighted by molar-refractivity contribution is 0.165. The van der Waals surface area contributed by atoms with Crippen LogP contribution in [0.1, 0.15) is 26.5 Å². The van der Waals surface area contributed by atoms with E-state index in [1.54, 1.807) is 6.20 Å². The van der Waals surface area contributed by atoms with Crippen LogP contribution in [0.2, 0.25) is 0 Å². The van der Waals surface area contributed by atoms with Gasteiger partial charge in [0.2, 0.25) is 0 Å². The summed E-state index contributed by atoms with van der Waals surface area (Å²) in [6.45, 7) is 10.3. The van der Waals surface area contributed by atoms with Crippen LogP contribution in [0.15, 0.2) is 24.4 Å². The molecule has 4 nitrogen and oxygen atoms in total. The molecule has 0 aliphatic rings. The molecule has 0 amide bonds. The first kappa shape index (κ1) is 15.1. The second kappa shape index (κ2) is 7.46. The van der Waals surface area contributed by atoms with Gasteiger partial charge in [-0.1, -0.05) is 19.9 Å². The Kier molecular flexibility index (Phi) is 6.25. The maximum absolute atomic E-state index is 9.60. The standard InChI is InChI=1S/C14H25N3O/c1-4-17(5-2)11-10-16-14(3,12-18)13-8-6-7-9-15-13/h6-9,16,18H,4-5,10-12H2,1-3H3. The summed E-state index contributed by atoms with van der Waals surface area (Å²) in [6, 6.07) is 5.78. The normalized spacial score (nSPS) is 14.7. The van der Waals surface area contributed by atoms with Crippen LogP contribution < -0.4 is 5.32 Å². The summed E-state index contributed by atoms with van der Waals surface area (Å²) in [5.74, 6) is 0. The molecule has 0 saturated heterocycles. The molecule has 0 radical (unpaired) electrons. The van der Waals surface area contributed by atoms with Crippen molar-refractivity contribution in [3.8, 4) is 0 Å². The SMILES string of the molecule is CCN(CC)CCNC(C)(CO)c1ccccn1. The van der Waals surface area contributed by atoms with Crippen molar-refractivity contribution in [2.24, 2.45) is 0 Å². The van der Waals surface area contributed by atoms with Crippen molar-refractivity contribution in [3.63, 3.8) is 0 Å². The van der Waals surface area contributed by atoms with Crippen molar-refractivity contribution in [3.05, 3.63) is 30.1 Å². The number of hydrogen-bond acceptors (Lipinski definition) is 4. The second-order valence-corrected chi connectivity index (χ2v) is 4.66. The molecule has 0 aromatic carbocycles. The fraction of sp³-hybridized carbons (Fsp3) is 0.643. The zero-order chi connectivity index (χ0) is 13.4. The third-order valence-electron chi connectivity index (χ3n) is 3.38. The Bertz CT molecular complexity index is 327. The van der Waals surface area contributed by atoms with E-state index in [1.165, 1.54) is 0 Å². The topological polar surface area (TPSA) is 48.4 Å². The minimum atomic E-state index is -0.464. The third-order valence-corrected chi connectivity index (χ3v) is 3.38. The molecule has 1 aromatic heterocycles. The molecular formula is C14H25N3O. The van der Waals surface area contributed by atoms with Crippen LogP contribution in [0.25, 0.3) is 0 Å². The van der Waals surface area contributed by atoms with Crippen LogP contribution in [0.3, 0.4) is 0 Å². The number of nitrogens with one attached hydrogen (secondary N) is 1. The van der Waals surface area contributed by atoms with E-state index in [-0.39, 0.29) is 6.61 Å². The van der Waals surface area contributed by atoms with Gasteiger partial charge in [-0.25, -0.2) is 0 Å². The van der Waals surface area contributed by atoms with E-state index >= 15 is 0 Å². The van der Waals surface area contributed by atoms with Gasteiger partial charge in [0.15, 0.2) is 0 Å². The van der Waals surface area contributed by atoms with Crippen molar-refractivity contribution >= 4 is 0 Å². The number of pyridine rings is 1. The first-order chi connectivity index (χ1) is 8.66. The molecule has 0 bridgehead atoms. The Labute approximate surface area is 110 Å². The van der Waals surface area contributed by atoms with Crippen molar-refractivity contribution in [1.29, 1.82) is 0 Å². The average Bonchev–Trinajstić information content (AvgIpc) is 2.44. The Morgan fingerprint density at radius 2 is 2.06 bits per heavy atom. The van der Waals surface area contributed by atoms with Crippen molar-refractivity contribution in [2.75, 3.05) is 32.8 Å². The molecule has 102 valence electrons. The number of aliphatic hydroxyl groups is 1. The summed E-state index contributed by atoms with van der Waals surface area (Å²) >= 11 is 0. The minimum Gasteiger partial charge on any atom is -0.394 e. The number of likely N-dealkylation sites (N-methyl/N-ethyl adjacent to an activating group) is 1. The zero-order valence-corrected chi connectivity index (χ0v) is 11.7. The number of aliphatic hydroxyl groups excluding tert-OH is 1. The van der Waals surface area contributed by atoms with Crippen LogP contribution in [-0.4, -0.2) is 47.8 Å². The largest absolute Gasteiger partial charge is 0.394 e. The van der Waals surface area contributed by atoms with Gasteiger partial charge in [0.05, 0.1) is 17.8 Å². The molecule has 1 heterocycles. The van der Waals surface area contributed by atoms with Gasteiger partial charge in [-0.3, -0.25) is 4.98 Å². The molecular weight excluding hydrogens is 226 g/mol. The summed E-state index contributed by atoms with van der Waals surface area (Å²) in [4.78, 5) is 6.67. The number of rotatable bonds is 8. The molecule has 1 aromatic rings. The van der Waals surface area contributed by atoms with E-state index in [0.717, 1.165) is 31.9 Å². The number of nitrogens with zero attached hydrogens (tertiary/aromatic N) is 2. The van der Waals surface area contributed by atoms with Gasteiger partial charge < -0.3 is 15.3 Å². The third kappa shape index (κ3) is 4.05. The molecule has 1 atom stereocenters. The van der Waals surface area contributed by atoms with Gasteiger partial charge in [-0.05, 0) is 32.1 Å². The van der Waals surface area contributed by atoms with Gasteiger partial charge in [-0.15, -0.1) is 0 Å². The van der Waals surface area contributed by atoms with Gasteiger partial charge in [0.1, 0.15) is 0 Å². The highest BCUT2D eigenvalue weighted by molar-refractivity contribution is 5.14. The lowest BCUT2D eigenvalue weighted by atomic mass is 9.98. The van der Waals surface area contributed by atoms with Crippen molar-refractivity contribution < 1.29 is 5.11 Å². The summed E-state index contributed by atoms with van der Waals surface area (Å²) in [5, 5.41) is 13.0. The Balaban J connectivity index is 2.56. The van der Waals surface area contributed by atoms with E-state index in [2.05, 4.69) is 29.0 Å². The Morgan fingerprint density at radius 3 is 2.56 bits per heavy atom. The predicted molar refractivity (Wildman–Crippen MR) is 74.5 cm³/mol. The fourth-order valence-electron chi connectivity index (χ4n) is 1.95. The molecule has 0 fully saturated rings. The molecule has 0 aliphatic heterocycles. The molecule has 0 spiro atoms. The Morgan fingerprint density at radius 1 is 1.33 bits per heavy atom. The van der Waals surface area contributed by atoms with Gasteiger partial charge in [0, 0.05) is 19.3 Å². The fourth-order valence-corrected chi connectivity index (χ4v) is 1.95. The maximum Gasteiger partial charge on any atom is 0.0814 e. The first-order valence-corrected chi connectivity index (χ1v) is 6.66. The summed E-state index contributed by atoms with van der Waals surface area (Å²) < 4.78 is 0. The van der Waals surface area contributed by atoms with E-state index in [9.17, 15) is 5.11 Å². The van der Waals surface area contributed by atoms with E-state index in [1.807, 2.05) is 25.1 Å². The quantitative estimate of drug-likeness (QED) is 0.729. The second-order valence-electron chi connectivity index (χ2n) is 4.66. The van der Waals surface area contributed by atoms with E-state index in [4.69, 9.17) is 0 Å². The van der Waals surface area contributed by atoms with E-state index in [0.29, 0.717) is 0 Å². The van der Waals surface area contributed by atoms with Crippen molar-refractivity contribution in [2.45, 2.75) is 26.3 Å². The van der Waals surface area contributed by atoms with Gasteiger partial charge in [0.25, 0.3) is 0 Å². The van der Waals surface area contributed by atoms with Crippen LogP contribution in [0, 0.1) is 0 Å². The molecule has 2 N–H and O–H groups in total. The molecule has 18 heavy (non-hydrogen) atoms. The molecule has 0 saturated carbocycles. The summed E-state index contributed by atoms with van der Waals surface area (Å²) in [5.41, 5.74) is 0.418. The van der Waals surface area contributed by atoms with Crippen LogP contribution >= 0.6 is 0 Å². The highest BCUT2D eigenvalue weighted by atomic mass is 16.3. The van der Waals surface area contributed by atoms with Crippen LogP contribution in [0.5, 0.6) is 0 Å². The number of hydrogen-bond donors (Lipinski definition) is 2. The Hall–Kier alpha value is -0.970. The summed E-state index contributed by atoms with van der Waals surface area (Å²) in [6.07, 6.45) is 1.76. The smallest absolute Gasteiger partial charge is 0.0814 e. The summed E-state index contributed by atoms with van der Waals surface area (Å²) in [7, 11) is 0. The highest BCUT2D eigenvalue weighted by Gasteiger charge is 2.26. The maximum atomic E-state index is 9.60. The molecule has 0 aliphatic carbocycles. The first-order valence-electron chi connectivity index (χ1n) is 6.66. The average molecular weight is 251 g/mol. The molecule has 4 heteroatoms. The predicted octanol–water partition coefficient (Wildman–Crippen LogP) is 1.22. The number of aromatic nitrogens is 1. The molecule has 1 unspecified atom stereocenters. The van der Waals surface area contributed by atoms with Gasteiger partial charge in [-0.2, -0.15) is 0 Å².